The maximum absolute atomic E-state index is 9.14. The quantitative estimate of drug-likeness (QED) is 0.720. The second-order valence-electron chi connectivity index (χ2n) is 6.70. The predicted octanol–water partition coefficient (Wildman–Crippen LogP) is 4.29. The molecule has 1 aliphatic rings. The van der Waals surface area contributed by atoms with Crippen molar-refractivity contribution in [1.82, 2.24) is 0 Å². The van der Waals surface area contributed by atoms with Crippen molar-refractivity contribution < 1.29 is 5.11 Å². The van der Waals surface area contributed by atoms with E-state index in [1.165, 1.54) is 0 Å². The smallest absolute Gasteiger partial charge is 0.112 e. The van der Waals surface area contributed by atoms with Crippen LogP contribution in [0.1, 0.15) is 12.5 Å². The van der Waals surface area contributed by atoms with Gasteiger partial charge in [-0.3, -0.25) is 0 Å². The fourth-order valence-corrected chi connectivity index (χ4v) is 3.60. The Balaban J connectivity index is 1.72. The van der Waals surface area contributed by atoms with Crippen molar-refractivity contribution in [1.29, 1.82) is 0 Å². The zero-order valence-corrected chi connectivity index (χ0v) is 16.8. The molecule has 0 atom stereocenters. The summed E-state index contributed by atoms with van der Waals surface area (Å²) in [6, 6.07) is 12.0. The Bertz CT molecular complexity index is 809. The molecule has 0 fully saturated rings. The summed E-state index contributed by atoms with van der Waals surface area (Å²) in [5, 5.41) is 18.6. The summed E-state index contributed by atoms with van der Waals surface area (Å²) in [6.07, 6.45) is 0. The molecule has 7 heteroatoms. The van der Waals surface area contributed by atoms with E-state index in [0.29, 0.717) is 18.1 Å². The average molecular weight is 388 g/mol. The third kappa shape index (κ3) is 4.34. The summed E-state index contributed by atoms with van der Waals surface area (Å²) in [4.78, 5) is 6.42. The van der Waals surface area contributed by atoms with Gasteiger partial charge in [0, 0.05) is 37.9 Å². The van der Waals surface area contributed by atoms with Crippen molar-refractivity contribution in [3.05, 3.63) is 47.0 Å². The van der Waals surface area contributed by atoms with Gasteiger partial charge in [-0.1, -0.05) is 23.7 Å². The summed E-state index contributed by atoms with van der Waals surface area (Å²) in [5.41, 5.74) is 5.12. The van der Waals surface area contributed by atoms with Crippen molar-refractivity contribution in [2.45, 2.75) is 13.5 Å². The van der Waals surface area contributed by atoms with E-state index >= 15 is 0 Å². The molecule has 3 rings (SSSR count). The lowest BCUT2D eigenvalue weighted by Gasteiger charge is -2.22. The van der Waals surface area contributed by atoms with Gasteiger partial charge in [-0.25, -0.2) is 0 Å². The van der Waals surface area contributed by atoms with E-state index in [1.54, 1.807) is 0 Å². The molecule has 27 heavy (non-hydrogen) atoms. The number of hydrogen-bond donors (Lipinski definition) is 1. The highest BCUT2D eigenvalue weighted by Gasteiger charge is 2.24. The van der Waals surface area contributed by atoms with E-state index in [2.05, 4.69) is 56.1 Å². The number of aliphatic hydroxyl groups is 1. The Hall–Kier alpha value is -2.31. The first-order chi connectivity index (χ1) is 13.0. The molecule has 0 amide bonds. The van der Waals surface area contributed by atoms with Gasteiger partial charge in [-0.2, -0.15) is 10.2 Å². The molecule has 144 valence electrons. The molecular formula is C20H26ClN5O. The Labute approximate surface area is 165 Å². The van der Waals surface area contributed by atoms with E-state index < -0.39 is 0 Å². The lowest BCUT2D eigenvalue weighted by molar-refractivity contribution is 0.302. The number of benzene rings is 2. The molecule has 0 spiro atoms. The summed E-state index contributed by atoms with van der Waals surface area (Å²) in [6.45, 7) is 5.04. The Kier molecular flexibility index (Phi) is 6.19. The summed E-state index contributed by atoms with van der Waals surface area (Å²) >= 11 is 6.25. The zero-order valence-electron chi connectivity index (χ0n) is 16.1. The van der Waals surface area contributed by atoms with Gasteiger partial charge < -0.3 is 19.8 Å². The molecule has 0 bridgehead atoms. The summed E-state index contributed by atoms with van der Waals surface area (Å²) < 4.78 is 0. The molecule has 0 aliphatic carbocycles. The first-order valence-corrected chi connectivity index (χ1v) is 9.49. The van der Waals surface area contributed by atoms with Gasteiger partial charge in [0.25, 0.3) is 0 Å². The first kappa shape index (κ1) is 19.5. The number of rotatable bonds is 7. The predicted molar refractivity (Wildman–Crippen MR) is 113 cm³/mol. The van der Waals surface area contributed by atoms with Crippen molar-refractivity contribution in [3.63, 3.8) is 0 Å². The number of azo groups is 1. The van der Waals surface area contributed by atoms with Gasteiger partial charge in [0.05, 0.1) is 31.2 Å². The van der Waals surface area contributed by atoms with Gasteiger partial charge in [0.1, 0.15) is 5.69 Å². The number of fused-ring (bicyclic) bond motifs is 1. The largest absolute Gasteiger partial charge is 0.395 e. The highest BCUT2D eigenvalue weighted by molar-refractivity contribution is 6.31. The van der Waals surface area contributed by atoms with Crippen LogP contribution in [0.3, 0.4) is 0 Å². The monoisotopic (exact) mass is 387 g/mol. The zero-order chi connectivity index (χ0) is 19.4. The van der Waals surface area contributed by atoms with E-state index in [0.717, 1.165) is 41.5 Å². The first-order valence-electron chi connectivity index (χ1n) is 9.11. The minimum Gasteiger partial charge on any atom is -0.395 e. The highest BCUT2D eigenvalue weighted by atomic mass is 35.5. The SMILES string of the molecule is CCN(CCO)c1ccc(CN=Nc2cc(Cl)cc3c2N(C)CN3C)cc1. The van der Waals surface area contributed by atoms with Crippen LogP contribution in [-0.2, 0) is 6.54 Å². The second kappa shape index (κ2) is 8.59. The normalized spacial score (nSPS) is 13.5. The fraction of sp³-hybridized carbons (Fsp3) is 0.400. The third-order valence-corrected chi connectivity index (χ3v) is 4.95. The summed E-state index contributed by atoms with van der Waals surface area (Å²) in [7, 11) is 4.08. The van der Waals surface area contributed by atoms with E-state index in [-0.39, 0.29) is 6.61 Å². The van der Waals surface area contributed by atoms with Crippen LogP contribution in [0.15, 0.2) is 46.6 Å². The molecule has 2 aromatic carbocycles. The number of halogens is 1. The molecule has 1 aliphatic heterocycles. The maximum Gasteiger partial charge on any atom is 0.112 e. The molecule has 0 saturated heterocycles. The number of hydrogen-bond acceptors (Lipinski definition) is 6. The number of aliphatic hydroxyl groups excluding tert-OH is 1. The standard InChI is InChI=1S/C20H26ClN5O/c1-4-26(9-10-27)17-7-5-15(6-8-17)13-22-23-18-11-16(21)12-19-20(18)25(3)14-24(19)2/h5-8,11-12,27H,4,9-10,13-14H2,1-3H3. The number of likely N-dealkylation sites (N-methyl/N-ethyl adjacent to an activating group) is 1. The van der Waals surface area contributed by atoms with Crippen molar-refractivity contribution in [2.75, 3.05) is 55.2 Å². The molecule has 1 heterocycles. The topological polar surface area (TPSA) is 54.7 Å². The Morgan fingerprint density at radius 1 is 1.15 bits per heavy atom. The molecule has 1 N–H and O–H groups in total. The molecule has 0 aromatic heterocycles. The molecule has 6 nitrogen and oxygen atoms in total. The van der Waals surface area contributed by atoms with Crippen molar-refractivity contribution in [3.8, 4) is 0 Å². The summed E-state index contributed by atoms with van der Waals surface area (Å²) in [5.74, 6) is 0. The van der Waals surface area contributed by atoms with Gasteiger partial charge >= 0.3 is 0 Å². The maximum atomic E-state index is 9.14. The second-order valence-corrected chi connectivity index (χ2v) is 7.14. The molecule has 2 aromatic rings. The average Bonchev–Trinajstić information content (AvgIpc) is 2.94. The number of nitrogens with zero attached hydrogens (tertiary/aromatic N) is 5. The van der Waals surface area contributed by atoms with Crippen LogP contribution in [-0.4, -0.2) is 45.6 Å². The van der Waals surface area contributed by atoms with E-state index in [4.69, 9.17) is 16.7 Å². The van der Waals surface area contributed by atoms with Gasteiger partial charge in [-0.15, -0.1) is 0 Å². The van der Waals surface area contributed by atoms with Gasteiger partial charge in [0.15, 0.2) is 0 Å². The van der Waals surface area contributed by atoms with Crippen LogP contribution in [0.2, 0.25) is 5.02 Å². The van der Waals surface area contributed by atoms with Crippen LogP contribution in [0.25, 0.3) is 0 Å². The van der Waals surface area contributed by atoms with E-state index in [9.17, 15) is 0 Å². The molecule has 0 saturated carbocycles. The van der Waals surface area contributed by atoms with Crippen molar-refractivity contribution in [2.24, 2.45) is 10.2 Å². The van der Waals surface area contributed by atoms with Crippen molar-refractivity contribution >= 4 is 34.4 Å². The Morgan fingerprint density at radius 2 is 1.89 bits per heavy atom. The molecule has 0 radical (unpaired) electrons. The van der Waals surface area contributed by atoms with Gasteiger partial charge in [-0.05, 0) is 36.8 Å². The lowest BCUT2D eigenvalue weighted by atomic mass is 10.2. The van der Waals surface area contributed by atoms with Crippen LogP contribution in [0, 0.1) is 0 Å². The third-order valence-electron chi connectivity index (χ3n) is 4.74. The van der Waals surface area contributed by atoms with Crippen LogP contribution < -0.4 is 14.7 Å². The molecular weight excluding hydrogens is 362 g/mol. The van der Waals surface area contributed by atoms with E-state index in [1.807, 2.05) is 26.2 Å². The minimum atomic E-state index is 0.150. The van der Waals surface area contributed by atoms with Crippen LogP contribution in [0.5, 0.6) is 0 Å². The lowest BCUT2D eigenvalue weighted by Crippen LogP contribution is -2.25. The highest BCUT2D eigenvalue weighted by Crippen LogP contribution is 2.44. The fourth-order valence-electron chi connectivity index (χ4n) is 3.39. The molecule has 0 unspecified atom stereocenters. The Morgan fingerprint density at radius 3 is 2.56 bits per heavy atom. The van der Waals surface area contributed by atoms with Gasteiger partial charge in [0.2, 0.25) is 0 Å². The number of anilines is 3. The van der Waals surface area contributed by atoms with Crippen LogP contribution >= 0.6 is 11.6 Å². The van der Waals surface area contributed by atoms with Crippen LogP contribution in [0.4, 0.5) is 22.7 Å². The minimum absolute atomic E-state index is 0.150.